The molecule has 4 heteroatoms. The lowest BCUT2D eigenvalue weighted by atomic mass is 9.93. The molecule has 1 N–H and O–H groups in total. The first-order valence-corrected chi connectivity index (χ1v) is 8.77. The molecule has 1 aliphatic heterocycles. The molecular weight excluding hydrogens is 264 g/mol. The minimum atomic E-state index is -0.293. The molecule has 21 heavy (non-hydrogen) atoms. The summed E-state index contributed by atoms with van der Waals surface area (Å²) in [5.74, 6) is 0.607. The number of β-amino-alcohol motifs (C(OH)–C–C–N with tert-alkyl or cyclic N) is 1. The van der Waals surface area contributed by atoms with Crippen LogP contribution in [0.5, 0.6) is 0 Å². The Labute approximate surface area is 129 Å². The van der Waals surface area contributed by atoms with Gasteiger partial charge in [-0.05, 0) is 45.6 Å². The normalized spacial score (nSPS) is 30.1. The summed E-state index contributed by atoms with van der Waals surface area (Å²) in [4.78, 5) is 17.1. The molecule has 1 saturated heterocycles. The number of aliphatic hydroxyl groups excluding tert-OH is 1. The molecule has 1 aliphatic carbocycles. The number of rotatable bonds is 4. The fourth-order valence-electron chi connectivity index (χ4n) is 3.81. The van der Waals surface area contributed by atoms with Gasteiger partial charge in [-0.1, -0.05) is 26.2 Å². The topological polar surface area (TPSA) is 43.8 Å². The Balaban J connectivity index is 1.96. The summed E-state index contributed by atoms with van der Waals surface area (Å²) < 4.78 is 0. The standard InChI is InChI=1S/C17H32N2O2/c1-4-19(15-8-6-5-7-9-15)17(21)14(3)18-11-10-13(2)16(20)12-18/h13-16,20H,4-12H2,1-3H3. The van der Waals surface area contributed by atoms with Gasteiger partial charge in [0.25, 0.3) is 0 Å². The summed E-state index contributed by atoms with van der Waals surface area (Å²) in [5.41, 5.74) is 0. The van der Waals surface area contributed by atoms with Crippen molar-refractivity contribution in [3.05, 3.63) is 0 Å². The van der Waals surface area contributed by atoms with Crippen molar-refractivity contribution >= 4 is 5.91 Å². The average molecular weight is 296 g/mol. The van der Waals surface area contributed by atoms with Crippen LogP contribution in [0.25, 0.3) is 0 Å². The van der Waals surface area contributed by atoms with Crippen LogP contribution < -0.4 is 0 Å². The number of carbonyl (C=O) groups excluding carboxylic acids is 1. The van der Waals surface area contributed by atoms with Gasteiger partial charge >= 0.3 is 0 Å². The summed E-state index contributed by atoms with van der Waals surface area (Å²) in [6, 6.07) is 0.335. The van der Waals surface area contributed by atoms with Crippen LogP contribution >= 0.6 is 0 Å². The number of amides is 1. The number of hydrogen-bond acceptors (Lipinski definition) is 3. The molecule has 2 aliphatic rings. The number of hydrogen-bond donors (Lipinski definition) is 1. The van der Waals surface area contributed by atoms with Gasteiger partial charge < -0.3 is 10.0 Å². The molecule has 0 aromatic rings. The monoisotopic (exact) mass is 296 g/mol. The predicted octanol–water partition coefficient (Wildman–Crippen LogP) is 2.26. The van der Waals surface area contributed by atoms with E-state index in [1.807, 2.05) is 6.92 Å². The van der Waals surface area contributed by atoms with E-state index in [1.165, 1.54) is 19.3 Å². The fourth-order valence-corrected chi connectivity index (χ4v) is 3.81. The number of carbonyl (C=O) groups is 1. The van der Waals surface area contributed by atoms with Crippen LogP contribution in [-0.2, 0) is 4.79 Å². The summed E-state index contributed by atoms with van der Waals surface area (Å²) in [7, 11) is 0. The lowest BCUT2D eigenvalue weighted by Crippen LogP contribution is -2.55. The fraction of sp³-hybridized carbons (Fsp3) is 0.941. The minimum absolute atomic E-state index is 0.103. The Bertz CT molecular complexity index is 342. The quantitative estimate of drug-likeness (QED) is 0.865. The molecule has 3 unspecified atom stereocenters. The number of nitrogens with zero attached hydrogens (tertiary/aromatic N) is 2. The van der Waals surface area contributed by atoms with Gasteiger partial charge in [-0.25, -0.2) is 0 Å². The maximum Gasteiger partial charge on any atom is 0.239 e. The zero-order valence-electron chi connectivity index (χ0n) is 13.9. The molecule has 1 saturated carbocycles. The second-order valence-electron chi connectivity index (χ2n) is 6.92. The van der Waals surface area contributed by atoms with Crippen LogP contribution in [0.15, 0.2) is 0 Å². The van der Waals surface area contributed by atoms with E-state index in [4.69, 9.17) is 0 Å². The first kappa shape index (κ1) is 16.8. The molecule has 0 aromatic carbocycles. The van der Waals surface area contributed by atoms with E-state index < -0.39 is 0 Å². The molecule has 4 nitrogen and oxygen atoms in total. The van der Waals surface area contributed by atoms with Crippen molar-refractivity contribution in [3.63, 3.8) is 0 Å². The van der Waals surface area contributed by atoms with E-state index in [9.17, 15) is 9.90 Å². The molecular formula is C17H32N2O2. The Hall–Kier alpha value is -0.610. The number of likely N-dealkylation sites (N-methyl/N-ethyl adjacent to an activating group) is 1. The van der Waals surface area contributed by atoms with Crippen molar-refractivity contribution in [2.45, 2.75) is 77.5 Å². The Morgan fingerprint density at radius 1 is 1.29 bits per heavy atom. The van der Waals surface area contributed by atoms with Gasteiger partial charge in [0.1, 0.15) is 0 Å². The van der Waals surface area contributed by atoms with E-state index in [0.717, 1.165) is 32.4 Å². The Morgan fingerprint density at radius 2 is 1.95 bits per heavy atom. The number of aliphatic hydroxyl groups is 1. The van der Waals surface area contributed by atoms with Crippen molar-refractivity contribution in [2.24, 2.45) is 5.92 Å². The van der Waals surface area contributed by atoms with Crippen molar-refractivity contribution in [1.82, 2.24) is 9.80 Å². The maximum atomic E-state index is 12.9. The minimum Gasteiger partial charge on any atom is -0.392 e. The second-order valence-corrected chi connectivity index (χ2v) is 6.92. The smallest absolute Gasteiger partial charge is 0.239 e. The lowest BCUT2D eigenvalue weighted by molar-refractivity contribution is -0.140. The van der Waals surface area contributed by atoms with Gasteiger partial charge in [-0.3, -0.25) is 9.69 Å². The largest absolute Gasteiger partial charge is 0.392 e. The van der Waals surface area contributed by atoms with Crippen LogP contribution in [0.2, 0.25) is 0 Å². The van der Waals surface area contributed by atoms with Crippen LogP contribution in [-0.4, -0.2) is 58.6 Å². The molecule has 1 amide bonds. The van der Waals surface area contributed by atoms with Gasteiger partial charge in [0.15, 0.2) is 0 Å². The number of likely N-dealkylation sites (tertiary alicyclic amines) is 1. The predicted molar refractivity (Wildman–Crippen MR) is 85.1 cm³/mol. The SMILES string of the molecule is CCN(C(=O)C(C)N1CCC(C)C(O)C1)C1CCCCC1. The molecule has 3 atom stereocenters. The third-order valence-corrected chi connectivity index (χ3v) is 5.49. The third kappa shape index (κ3) is 3.98. The number of piperidine rings is 1. The van der Waals surface area contributed by atoms with Gasteiger partial charge in [-0.2, -0.15) is 0 Å². The van der Waals surface area contributed by atoms with Crippen molar-refractivity contribution in [3.8, 4) is 0 Å². The molecule has 0 spiro atoms. The molecule has 2 fully saturated rings. The zero-order valence-corrected chi connectivity index (χ0v) is 13.9. The summed E-state index contributed by atoms with van der Waals surface area (Å²) in [5, 5.41) is 10.1. The van der Waals surface area contributed by atoms with E-state index in [-0.39, 0.29) is 18.1 Å². The Morgan fingerprint density at radius 3 is 2.52 bits per heavy atom. The highest BCUT2D eigenvalue weighted by Crippen LogP contribution is 2.25. The van der Waals surface area contributed by atoms with Crippen molar-refractivity contribution in [1.29, 1.82) is 0 Å². The molecule has 2 rings (SSSR count). The van der Waals surface area contributed by atoms with E-state index in [2.05, 4.69) is 23.6 Å². The van der Waals surface area contributed by atoms with Gasteiger partial charge in [0.2, 0.25) is 5.91 Å². The van der Waals surface area contributed by atoms with Crippen molar-refractivity contribution < 1.29 is 9.90 Å². The zero-order chi connectivity index (χ0) is 15.4. The van der Waals surface area contributed by atoms with Crippen LogP contribution in [0.4, 0.5) is 0 Å². The third-order valence-electron chi connectivity index (χ3n) is 5.49. The van der Waals surface area contributed by atoms with Gasteiger partial charge in [-0.15, -0.1) is 0 Å². The molecule has 122 valence electrons. The molecule has 1 heterocycles. The molecule has 0 radical (unpaired) electrons. The maximum absolute atomic E-state index is 12.9. The summed E-state index contributed by atoms with van der Waals surface area (Å²) in [6.07, 6.45) is 6.82. The lowest BCUT2D eigenvalue weighted by Gasteiger charge is -2.41. The highest BCUT2D eigenvalue weighted by molar-refractivity contribution is 5.81. The molecule has 0 aromatic heterocycles. The highest BCUT2D eigenvalue weighted by atomic mass is 16.3. The Kier molecular flexibility index (Phi) is 6.06. The summed E-state index contributed by atoms with van der Waals surface area (Å²) in [6.45, 7) is 8.56. The van der Waals surface area contributed by atoms with Crippen LogP contribution in [0, 0.1) is 5.92 Å². The summed E-state index contributed by atoms with van der Waals surface area (Å²) >= 11 is 0. The van der Waals surface area contributed by atoms with E-state index >= 15 is 0 Å². The van der Waals surface area contributed by atoms with Gasteiger partial charge in [0.05, 0.1) is 12.1 Å². The molecule has 0 bridgehead atoms. The van der Waals surface area contributed by atoms with E-state index in [1.54, 1.807) is 0 Å². The van der Waals surface area contributed by atoms with Crippen LogP contribution in [0.1, 0.15) is 59.3 Å². The van der Waals surface area contributed by atoms with Gasteiger partial charge in [0, 0.05) is 19.1 Å². The van der Waals surface area contributed by atoms with Crippen molar-refractivity contribution in [2.75, 3.05) is 19.6 Å². The highest BCUT2D eigenvalue weighted by Gasteiger charge is 2.34. The second kappa shape index (κ2) is 7.59. The average Bonchev–Trinajstić information content (AvgIpc) is 2.51. The van der Waals surface area contributed by atoms with E-state index in [0.29, 0.717) is 18.5 Å². The van der Waals surface area contributed by atoms with Crippen LogP contribution in [0.3, 0.4) is 0 Å². The first-order valence-electron chi connectivity index (χ1n) is 8.77. The first-order chi connectivity index (χ1) is 10.0.